The number of hydrogen-bond donors (Lipinski definition) is 1. The van der Waals surface area contributed by atoms with Gasteiger partial charge in [-0.1, -0.05) is 108 Å². The molecule has 1 heteroatoms. The van der Waals surface area contributed by atoms with Crippen LogP contribution in [0.25, 0.3) is 10.9 Å². The van der Waals surface area contributed by atoms with Crippen LogP contribution < -0.4 is 0 Å². The van der Waals surface area contributed by atoms with Crippen LogP contribution in [0.15, 0.2) is 59.2 Å². The molecule has 0 saturated heterocycles. The van der Waals surface area contributed by atoms with Crippen LogP contribution in [0.4, 0.5) is 0 Å². The van der Waals surface area contributed by atoms with Crippen LogP contribution in [0.3, 0.4) is 0 Å². The Morgan fingerprint density at radius 2 is 1.67 bits per heavy atom. The molecular formula is C29H45N. The molecule has 0 aliphatic heterocycles. The smallest absolute Gasteiger partial charge is 0.0458 e. The molecule has 0 bridgehead atoms. The molecule has 1 atom stereocenters. The Kier molecular flexibility index (Phi) is 12.2. The number of nitrogens with one attached hydrogen (secondary N) is 1. The highest BCUT2D eigenvalue weighted by Crippen LogP contribution is 2.27. The molecule has 0 spiro atoms. The molecule has 0 amide bonds. The molecule has 1 unspecified atom stereocenters. The maximum absolute atomic E-state index is 3.55. The average Bonchev–Trinajstić information content (AvgIpc) is 3.05. The van der Waals surface area contributed by atoms with Crippen molar-refractivity contribution in [1.29, 1.82) is 0 Å². The van der Waals surface area contributed by atoms with E-state index in [0.29, 0.717) is 5.92 Å². The molecule has 0 radical (unpaired) electrons. The lowest BCUT2D eigenvalue weighted by Gasteiger charge is -2.10. The molecule has 2 aromatic rings. The quantitative estimate of drug-likeness (QED) is 0.398. The van der Waals surface area contributed by atoms with E-state index in [0.717, 1.165) is 12.8 Å². The zero-order valence-corrected chi connectivity index (χ0v) is 20.9. The van der Waals surface area contributed by atoms with E-state index in [1.54, 1.807) is 0 Å². The van der Waals surface area contributed by atoms with Gasteiger partial charge in [0.15, 0.2) is 0 Å². The summed E-state index contributed by atoms with van der Waals surface area (Å²) in [5, 5.41) is 1.36. The van der Waals surface area contributed by atoms with Gasteiger partial charge < -0.3 is 4.98 Å². The Balaban J connectivity index is 0.00000103. The predicted molar refractivity (Wildman–Crippen MR) is 137 cm³/mol. The van der Waals surface area contributed by atoms with Gasteiger partial charge in [-0.25, -0.2) is 0 Å². The standard InChI is InChI=1S/C25H35N.C4H10/c1-7-11-21(16-22(18(3)4)15-14-19(5)8-2)17-24-20(6)26-25-13-10-9-12-23(24)25;1-3-4-2/h9-10,12-16,19,26H,7-8,11,17H2,1-6H3;3-4H2,1-2H3/b15-14-,21-16+;. The highest BCUT2D eigenvalue weighted by molar-refractivity contribution is 5.84. The first-order valence-electron chi connectivity index (χ1n) is 12.0. The van der Waals surface area contributed by atoms with E-state index >= 15 is 0 Å². The summed E-state index contributed by atoms with van der Waals surface area (Å²) in [6, 6.07) is 8.65. The van der Waals surface area contributed by atoms with E-state index < -0.39 is 0 Å². The number of benzene rings is 1. The predicted octanol–water partition coefficient (Wildman–Crippen LogP) is 9.49. The summed E-state index contributed by atoms with van der Waals surface area (Å²) in [4.78, 5) is 3.55. The van der Waals surface area contributed by atoms with Crippen molar-refractivity contribution in [3.63, 3.8) is 0 Å². The molecule has 166 valence electrons. The summed E-state index contributed by atoms with van der Waals surface area (Å²) in [7, 11) is 0. The summed E-state index contributed by atoms with van der Waals surface area (Å²) in [6.45, 7) is 17.8. The van der Waals surface area contributed by atoms with E-state index in [4.69, 9.17) is 0 Å². The van der Waals surface area contributed by atoms with Crippen LogP contribution in [0.2, 0.25) is 0 Å². The molecule has 2 rings (SSSR count). The Morgan fingerprint density at radius 3 is 2.23 bits per heavy atom. The lowest BCUT2D eigenvalue weighted by atomic mass is 9.95. The molecule has 1 nitrogen and oxygen atoms in total. The van der Waals surface area contributed by atoms with Crippen molar-refractivity contribution in [3.05, 3.63) is 70.5 Å². The molecule has 0 aliphatic carbocycles. The van der Waals surface area contributed by atoms with Gasteiger partial charge in [0.1, 0.15) is 0 Å². The van der Waals surface area contributed by atoms with E-state index in [1.165, 1.54) is 64.6 Å². The van der Waals surface area contributed by atoms with Gasteiger partial charge in [0.05, 0.1) is 0 Å². The van der Waals surface area contributed by atoms with Crippen molar-refractivity contribution >= 4 is 10.9 Å². The highest BCUT2D eigenvalue weighted by Gasteiger charge is 2.10. The minimum Gasteiger partial charge on any atom is -0.358 e. The number of allylic oxidation sites excluding steroid dienone is 6. The van der Waals surface area contributed by atoms with Crippen molar-refractivity contribution < 1.29 is 0 Å². The summed E-state index contributed by atoms with van der Waals surface area (Å²) in [5.41, 5.74) is 8.25. The van der Waals surface area contributed by atoms with Crippen LogP contribution in [-0.4, -0.2) is 4.98 Å². The number of para-hydroxylation sites is 1. The molecule has 0 fully saturated rings. The van der Waals surface area contributed by atoms with Crippen molar-refractivity contribution in [2.45, 2.75) is 93.9 Å². The molecule has 0 saturated carbocycles. The minimum absolute atomic E-state index is 0.628. The molecule has 1 heterocycles. The number of hydrogen-bond acceptors (Lipinski definition) is 0. The van der Waals surface area contributed by atoms with Gasteiger partial charge in [-0.2, -0.15) is 0 Å². The lowest BCUT2D eigenvalue weighted by Crippen LogP contribution is -1.95. The van der Waals surface area contributed by atoms with Crippen LogP contribution in [-0.2, 0) is 6.42 Å². The van der Waals surface area contributed by atoms with Crippen molar-refractivity contribution in [1.82, 2.24) is 4.98 Å². The molecule has 1 aromatic heterocycles. The van der Waals surface area contributed by atoms with Gasteiger partial charge in [0.2, 0.25) is 0 Å². The largest absolute Gasteiger partial charge is 0.358 e. The molecule has 30 heavy (non-hydrogen) atoms. The van der Waals surface area contributed by atoms with Crippen molar-refractivity contribution in [2.24, 2.45) is 5.92 Å². The topological polar surface area (TPSA) is 15.8 Å². The van der Waals surface area contributed by atoms with Crippen molar-refractivity contribution in [2.75, 3.05) is 0 Å². The van der Waals surface area contributed by atoms with Crippen LogP contribution in [0, 0.1) is 12.8 Å². The maximum atomic E-state index is 3.55. The first-order chi connectivity index (χ1) is 14.4. The Morgan fingerprint density at radius 1 is 1.00 bits per heavy atom. The number of fused-ring (bicyclic) bond motifs is 1. The number of aryl methyl sites for hydroxylation is 1. The molecule has 1 aromatic carbocycles. The number of unbranched alkanes of at least 4 members (excludes halogenated alkanes) is 1. The molecule has 1 N–H and O–H groups in total. The molecular weight excluding hydrogens is 362 g/mol. The third-order valence-electron chi connectivity index (χ3n) is 5.69. The Hall–Kier alpha value is -2.02. The van der Waals surface area contributed by atoms with E-state index in [1.807, 2.05) is 0 Å². The van der Waals surface area contributed by atoms with E-state index in [2.05, 4.69) is 103 Å². The summed E-state index contributed by atoms with van der Waals surface area (Å²) < 4.78 is 0. The Labute approximate surface area is 186 Å². The lowest BCUT2D eigenvalue weighted by molar-refractivity contribution is 0.698. The number of rotatable bonds is 9. The third kappa shape index (κ3) is 8.38. The highest BCUT2D eigenvalue weighted by atomic mass is 14.7. The fourth-order valence-corrected chi connectivity index (χ4v) is 3.31. The van der Waals surface area contributed by atoms with Crippen molar-refractivity contribution in [3.8, 4) is 0 Å². The SMILES string of the molecule is CCC/C(=C\C(/C=C\C(C)CC)=C(C)C)Cc1c(C)[nH]c2ccccc12.CCCC. The average molecular weight is 408 g/mol. The molecule has 0 aliphatic rings. The maximum Gasteiger partial charge on any atom is 0.0458 e. The normalized spacial score (nSPS) is 12.7. The minimum atomic E-state index is 0.628. The number of H-pyrrole nitrogens is 1. The zero-order chi connectivity index (χ0) is 22.5. The van der Waals surface area contributed by atoms with Gasteiger partial charge in [-0.3, -0.25) is 0 Å². The van der Waals surface area contributed by atoms with Gasteiger partial charge in [0.25, 0.3) is 0 Å². The zero-order valence-electron chi connectivity index (χ0n) is 20.9. The monoisotopic (exact) mass is 407 g/mol. The number of aromatic nitrogens is 1. The van der Waals surface area contributed by atoms with Gasteiger partial charge >= 0.3 is 0 Å². The fraction of sp³-hybridized carbons (Fsp3) is 0.517. The fourth-order valence-electron chi connectivity index (χ4n) is 3.31. The second kappa shape index (κ2) is 14.1. The van der Waals surface area contributed by atoms with Gasteiger partial charge in [-0.15, -0.1) is 0 Å². The first-order valence-corrected chi connectivity index (χ1v) is 12.0. The summed E-state index contributed by atoms with van der Waals surface area (Å²) in [6.07, 6.45) is 14.3. The van der Waals surface area contributed by atoms with Gasteiger partial charge in [0, 0.05) is 16.6 Å². The van der Waals surface area contributed by atoms with Crippen LogP contribution in [0.5, 0.6) is 0 Å². The second-order valence-corrected chi connectivity index (χ2v) is 8.70. The number of aromatic amines is 1. The summed E-state index contributed by atoms with van der Waals surface area (Å²) in [5.74, 6) is 0.628. The first kappa shape index (κ1) is 26.0. The van der Waals surface area contributed by atoms with E-state index in [-0.39, 0.29) is 0 Å². The van der Waals surface area contributed by atoms with Crippen LogP contribution in [0.1, 0.15) is 91.8 Å². The summed E-state index contributed by atoms with van der Waals surface area (Å²) >= 11 is 0. The van der Waals surface area contributed by atoms with E-state index in [9.17, 15) is 0 Å². The third-order valence-corrected chi connectivity index (χ3v) is 5.69. The second-order valence-electron chi connectivity index (χ2n) is 8.70. The van der Waals surface area contributed by atoms with Gasteiger partial charge in [-0.05, 0) is 56.7 Å². The van der Waals surface area contributed by atoms with Crippen LogP contribution >= 0.6 is 0 Å². The Bertz CT molecular complexity index is 838.